The number of Topliss-reactive ketones (excluding diaryl/α,β-unsaturated/α-hetero) is 2. The van der Waals surface area contributed by atoms with Gasteiger partial charge in [-0.2, -0.15) is 0 Å². The van der Waals surface area contributed by atoms with Crippen LogP contribution in [0.25, 0.3) is 0 Å². The fraction of sp³-hybridized carbons (Fsp3) is 0.278. The molecule has 2 aromatic rings. The smallest absolute Gasteiger partial charge is 0.338 e. The Bertz CT molecular complexity index is 853. The maximum atomic E-state index is 12.3. The number of carbonyl (C=O) groups is 3. The maximum Gasteiger partial charge on any atom is 0.338 e. The number of benzene rings is 1. The summed E-state index contributed by atoms with van der Waals surface area (Å²) in [5.74, 6) is -0.550. The van der Waals surface area contributed by atoms with Crippen LogP contribution in [0.2, 0.25) is 0 Å². The minimum atomic E-state index is -0.621. The van der Waals surface area contributed by atoms with Crippen molar-refractivity contribution in [3.63, 3.8) is 0 Å². The van der Waals surface area contributed by atoms with Crippen LogP contribution < -0.4 is 4.74 Å². The van der Waals surface area contributed by atoms with Crippen LogP contribution >= 0.6 is 15.9 Å². The fourth-order valence-electron chi connectivity index (χ4n) is 2.64. The van der Waals surface area contributed by atoms with Gasteiger partial charge in [0.05, 0.1) is 22.8 Å². The first-order valence-electron chi connectivity index (χ1n) is 7.50. The predicted octanol–water partition coefficient (Wildman–Crippen LogP) is 3.64. The third-order valence-corrected chi connectivity index (χ3v) is 4.41. The van der Waals surface area contributed by atoms with Gasteiger partial charge in [0.2, 0.25) is 5.78 Å². The highest BCUT2D eigenvalue weighted by Gasteiger charge is 2.21. The van der Waals surface area contributed by atoms with Crippen LogP contribution in [-0.4, -0.2) is 36.2 Å². The number of hydrogen-bond acceptors (Lipinski definition) is 5. The van der Waals surface area contributed by atoms with Gasteiger partial charge >= 0.3 is 5.97 Å². The van der Waals surface area contributed by atoms with Crippen molar-refractivity contribution in [3.05, 3.63) is 50.8 Å². The molecule has 0 aliphatic carbocycles. The lowest BCUT2D eigenvalue weighted by Gasteiger charge is -2.07. The molecule has 0 aliphatic heterocycles. The number of aromatic nitrogens is 1. The maximum absolute atomic E-state index is 12.3. The Labute approximate surface area is 153 Å². The molecule has 132 valence electrons. The first kappa shape index (κ1) is 18.9. The molecule has 1 heterocycles. The van der Waals surface area contributed by atoms with Crippen molar-refractivity contribution < 1.29 is 23.9 Å². The van der Waals surface area contributed by atoms with Gasteiger partial charge < -0.3 is 14.5 Å². The number of nitrogens with one attached hydrogen (secondary N) is 1. The van der Waals surface area contributed by atoms with E-state index in [1.165, 1.54) is 14.0 Å². The second-order valence-electron chi connectivity index (χ2n) is 5.53. The van der Waals surface area contributed by atoms with Crippen LogP contribution in [0.5, 0.6) is 5.75 Å². The number of hydrogen-bond donors (Lipinski definition) is 1. The molecular formula is C18H18BrNO5. The zero-order chi connectivity index (χ0) is 18.7. The molecule has 0 spiro atoms. The molecular weight excluding hydrogens is 390 g/mol. The van der Waals surface area contributed by atoms with Gasteiger partial charge in [0.15, 0.2) is 12.4 Å². The van der Waals surface area contributed by atoms with Crippen molar-refractivity contribution in [2.75, 3.05) is 13.7 Å². The molecule has 2 rings (SSSR count). The first-order chi connectivity index (χ1) is 11.8. The lowest BCUT2D eigenvalue weighted by molar-refractivity contribution is 0.0473. The van der Waals surface area contributed by atoms with E-state index in [1.807, 2.05) is 0 Å². The summed E-state index contributed by atoms with van der Waals surface area (Å²) in [6, 6.07) is 4.73. The van der Waals surface area contributed by atoms with Gasteiger partial charge in [-0.25, -0.2) is 4.79 Å². The van der Waals surface area contributed by atoms with Gasteiger partial charge in [0.1, 0.15) is 5.75 Å². The number of rotatable bonds is 6. The summed E-state index contributed by atoms with van der Waals surface area (Å²) in [6.45, 7) is 4.44. The molecule has 1 aromatic carbocycles. The lowest BCUT2D eigenvalue weighted by atomic mass is 10.1. The quantitative estimate of drug-likeness (QED) is 0.583. The highest BCUT2D eigenvalue weighted by molar-refractivity contribution is 9.10. The summed E-state index contributed by atoms with van der Waals surface area (Å²) in [4.78, 5) is 38.9. The van der Waals surface area contributed by atoms with Gasteiger partial charge in [0.25, 0.3) is 0 Å². The SMILES string of the molecule is COc1ccc(C(=O)OCC(=O)c2[nH]c(C)c(C(C)=O)c2C)cc1Br. The molecule has 7 heteroatoms. The Morgan fingerprint density at radius 2 is 1.88 bits per heavy atom. The van der Waals surface area contributed by atoms with E-state index in [4.69, 9.17) is 9.47 Å². The lowest BCUT2D eigenvalue weighted by Crippen LogP contribution is -2.15. The van der Waals surface area contributed by atoms with Gasteiger partial charge in [-0.15, -0.1) is 0 Å². The largest absolute Gasteiger partial charge is 0.496 e. The number of carbonyl (C=O) groups excluding carboxylic acids is 3. The number of aryl methyl sites for hydroxylation is 1. The van der Waals surface area contributed by atoms with Gasteiger partial charge in [-0.1, -0.05) is 0 Å². The monoisotopic (exact) mass is 407 g/mol. The average Bonchev–Trinajstić information content (AvgIpc) is 2.86. The van der Waals surface area contributed by atoms with Crippen molar-refractivity contribution in [2.24, 2.45) is 0 Å². The molecule has 0 aliphatic rings. The summed E-state index contributed by atoms with van der Waals surface area (Å²) in [7, 11) is 1.52. The number of ketones is 2. The van der Waals surface area contributed by atoms with Crippen molar-refractivity contribution >= 4 is 33.5 Å². The van der Waals surface area contributed by atoms with Crippen molar-refractivity contribution in [2.45, 2.75) is 20.8 Å². The van der Waals surface area contributed by atoms with E-state index >= 15 is 0 Å². The topological polar surface area (TPSA) is 85.5 Å². The predicted molar refractivity (Wildman–Crippen MR) is 95.6 cm³/mol. The summed E-state index contributed by atoms with van der Waals surface area (Å²) < 4.78 is 10.8. The van der Waals surface area contributed by atoms with E-state index in [0.29, 0.717) is 32.6 Å². The second-order valence-corrected chi connectivity index (χ2v) is 6.38. The summed E-state index contributed by atoms with van der Waals surface area (Å²) in [5.41, 5.74) is 2.27. The molecule has 0 unspecified atom stereocenters. The average molecular weight is 408 g/mol. The molecule has 0 saturated heterocycles. The van der Waals surface area contributed by atoms with E-state index in [9.17, 15) is 14.4 Å². The molecule has 0 amide bonds. The van der Waals surface area contributed by atoms with Crippen LogP contribution in [0.4, 0.5) is 0 Å². The fourth-order valence-corrected chi connectivity index (χ4v) is 3.18. The van der Waals surface area contributed by atoms with Crippen LogP contribution in [0.15, 0.2) is 22.7 Å². The number of methoxy groups -OCH3 is 1. The third kappa shape index (κ3) is 3.99. The Balaban J connectivity index is 2.10. The van der Waals surface area contributed by atoms with Crippen LogP contribution in [0.1, 0.15) is 49.4 Å². The minimum absolute atomic E-state index is 0.120. The van der Waals surface area contributed by atoms with Crippen LogP contribution in [0, 0.1) is 13.8 Å². The van der Waals surface area contributed by atoms with Crippen molar-refractivity contribution in [3.8, 4) is 5.75 Å². The summed E-state index contributed by atoms with van der Waals surface area (Å²) in [5, 5.41) is 0. The highest BCUT2D eigenvalue weighted by Crippen LogP contribution is 2.26. The van der Waals surface area contributed by atoms with Crippen molar-refractivity contribution in [1.82, 2.24) is 4.98 Å². The van der Waals surface area contributed by atoms with Crippen LogP contribution in [-0.2, 0) is 4.74 Å². The molecule has 0 atom stereocenters. The zero-order valence-corrected chi connectivity index (χ0v) is 15.9. The Kier molecular flexibility index (Phi) is 5.79. The molecule has 25 heavy (non-hydrogen) atoms. The Morgan fingerprint density at radius 1 is 1.20 bits per heavy atom. The van der Waals surface area contributed by atoms with E-state index in [1.54, 1.807) is 32.0 Å². The molecule has 0 radical (unpaired) electrons. The van der Waals surface area contributed by atoms with Gasteiger partial charge in [-0.05, 0) is 60.5 Å². The summed E-state index contributed by atoms with van der Waals surface area (Å²) >= 11 is 3.29. The summed E-state index contributed by atoms with van der Waals surface area (Å²) in [6.07, 6.45) is 0. The highest BCUT2D eigenvalue weighted by atomic mass is 79.9. The first-order valence-corrected chi connectivity index (χ1v) is 8.29. The Hall–Kier alpha value is -2.41. The van der Waals surface area contributed by atoms with Crippen molar-refractivity contribution in [1.29, 1.82) is 0 Å². The third-order valence-electron chi connectivity index (χ3n) is 3.79. The molecule has 0 fully saturated rings. The van der Waals surface area contributed by atoms with Gasteiger partial charge in [-0.3, -0.25) is 9.59 Å². The number of H-pyrrole nitrogens is 1. The number of ether oxygens (including phenoxy) is 2. The molecule has 1 aromatic heterocycles. The normalized spacial score (nSPS) is 10.4. The zero-order valence-electron chi connectivity index (χ0n) is 14.4. The number of halogens is 1. The molecule has 6 nitrogen and oxygen atoms in total. The van der Waals surface area contributed by atoms with Crippen LogP contribution in [0.3, 0.4) is 0 Å². The van der Waals surface area contributed by atoms with E-state index in [0.717, 1.165) is 0 Å². The van der Waals surface area contributed by atoms with E-state index in [-0.39, 0.29) is 11.5 Å². The number of esters is 1. The molecule has 1 N–H and O–H groups in total. The number of aromatic amines is 1. The second kappa shape index (κ2) is 7.65. The standard InChI is InChI=1S/C18H18BrNO5/c1-9-16(11(3)21)10(2)20-17(9)14(22)8-25-18(23)12-5-6-15(24-4)13(19)7-12/h5-7,20H,8H2,1-4H3. The Morgan fingerprint density at radius 3 is 2.40 bits per heavy atom. The molecule has 0 saturated carbocycles. The minimum Gasteiger partial charge on any atom is -0.496 e. The van der Waals surface area contributed by atoms with E-state index in [2.05, 4.69) is 20.9 Å². The van der Waals surface area contributed by atoms with Gasteiger partial charge in [0, 0.05) is 11.3 Å². The molecule has 0 bridgehead atoms. The van der Waals surface area contributed by atoms with E-state index < -0.39 is 18.4 Å².